The molecule has 0 aromatic heterocycles. The van der Waals surface area contributed by atoms with Gasteiger partial charge in [0.25, 0.3) is 0 Å². The number of hydrogen-bond donors (Lipinski definition) is 0. The first-order valence-electron chi connectivity index (χ1n) is 10.5. The molecule has 1 amide bonds. The molecule has 0 N–H and O–H groups in total. The normalized spacial score (nSPS) is 18.9. The predicted molar refractivity (Wildman–Crippen MR) is 111 cm³/mol. The van der Waals surface area contributed by atoms with Crippen LogP contribution in [0.2, 0.25) is 0 Å². The van der Waals surface area contributed by atoms with Crippen LogP contribution in [0.3, 0.4) is 0 Å². The van der Waals surface area contributed by atoms with Crippen molar-refractivity contribution in [2.24, 2.45) is 5.92 Å². The van der Waals surface area contributed by atoms with Crippen molar-refractivity contribution in [2.75, 3.05) is 33.7 Å². The Morgan fingerprint density at radius 2 is 1.77 bits per heavy atom. The third-order valence-electron chi connectivity index (χ3n) is 6.46. The fraction of sp³-hybridized carbons (Fsp3) is 0.458. The molecule has 160 valence electrons. The smallest absolute Gasteiger partial charge is 0.226 e. The first-order valence-corrected chi connectivity index (χ1v) is 10.5. The molecule has 0 bridgehead atoms. The molecular formula is C24H28F2N2O2. The minimum absolute atomic E-state index is 0.0146. The van der Waals surface area contributed by atoms with Crippen LogP contribution in [0, 0.1) is 17.6 Å². The summed E-state index contributed by atoms with van der Waals surface area (Å²) in [6.07, 6.45) is 1.75. The Kier molecular flexibility index (Phi) is 5.89. The van der Waals surface area contributed by atoms with Crippen LogP contribution in [-0.2, 0) is 28.2 Å². The summed E-state index contributed by atoms with van der Waals surface area (Å²) >= 11 is 0. The third-order valence-corrected chi connectivity index (χ3v) is 6.46. The van der Waals surface area contributed by atoms with Gasteiger partial charge in [-0.15, -0.1) is 0 Å². The number of hydrogen-bond acceptors (Lipinski definition) is 3. The molecular weight excluding hydrogens is 386 g/mol. The molecule has 0 radical (unpaired) electrons. The number of carbonyl (C=O) groups excluding carboxylic acids is 1. The zero-order valence-electron chi connectivity index (χ0n) is 17.5. The Morgan fingerprint density at radius 3 is 2.43 bits per heavy atom. The fourth-order valence-electron chi connectivity index (χ4n) is 4.78. The Hall–Kier alpha value is -2.31. The number of piperidine rings is 1. The summed E-state index contributed by atoms with van der Waals surface area (Å²) in [7, 11) is 3.36. The van der Waals surface area contributed by atoms with E-state index in [9.17, 15) is 13.6 Å². The number of carbonyl (C=O) groups is 1. The van der Waals surface area contributed by atoms with E-state index < -0.39 is 17.6 Å². The Labute approximate surface area is 176 Å². The first-order chi connectivity index (χ1) is 14.4. The van der Waals surface area contributed by atoms with Crippen molar-refractivity contribution >= 4 is 5.91 Å². The molecule has 1 atom stereocenters. The molecule has 1 fully saturated rings. The molecule has 0 saturated carbocycles. The molecule has 2 aliphatic rings. The van der Waals surface area contributed by atoms with E-state index in [2.05, 4.69) is 23.1 Å². The Morgan fingerprint density at radius 1 is 1.10 bits per heavy atom. The summed E-state index contributed by atoms with van der Waals surface area (Å²) < 4.78 is 34.6. The van der Waals surface area contributed by atoms with Crippen molar-refractivity contribution in [1.29, 1.82) is 0 Å². The van der Waals surface area contributed by atoms with Crippen molar-refractivity contribution in [3.8, 4) is 0 Å². The van der Waals surface area contributed by atoms with Gasteiger partial charge < -0.3 is 14.5 Å². The summed E-state index contributed by atoms with van der Waals surface area (Å²) in [4.78, 5) is 16.5. The average Bonchev–Trinajstić information content (AvgIpc) is 3.09. The molecule has 2 heterocycles. The van der Waals surface area contributed by atoms with E-state index in [1.807, 2.05) is 6.07 Å². The second kappa shape index (κ2) is 8.44. The van der Waals surface area contributed by atoms with Gasteiger partial charge in [-0.1, -0.05) is 30.3 Å². The zero-order chi connectivity index (χ0) is 21.3. The van der Waals surface area contributed by atoms with Crippen LogP contribution in [0.4, 0.5) is 8.78 Å². The van der Waals surface area contributed by atoms with Gasteiger partial charge in [-0.3, -0.25) is 4.79 Å². The van der Waals surface area contributed by atoms with Crippen molar-refractivity contribution in [2.45, 2.75) is 31.5 Å². The van der Waals surface area contributed by atoms with Gasteiger partial charge in [0.15, 0.2) is 0 Å². The number of halogens is 2. The highest BCUT2D eigenvalue weighted by molar-refractivity contribution is 5.78. The van der Waals surface area contributed by atoms with E-state index in [1.165, 1.54) is 34.2 Å². The zero-order valence-corrected chi connectivity index (χ0v) is 17.5. The maximum atomic E-state index is 14.2. The minimum Gasteiger partial charge on any atom is -0.365 e. The summed E-state index contributed by atoms with van der Waals surface area (Å²) in [5.41, 5.74) is 2.27. The monoisotopic (exact) mass is 414 g/mol. The first kappa shape index (κ1) is 20.9. The molecule has 2 aromatic rings. The summed E-state index contributed by atoms with van der Waals surface area (Å²) in [6.45, 7) is 2.68. The van der Waals surface area contributed by atoms with Crippen LogP contribution in [-0.4, -0.2) is 49.4 Å². The molecule has 2 aliphatic heterocycles. The van der Waals surface area contributed by atoms with Crippen LogP contribution >= 0.6 is 0 Å². The predicted octanol–water partition coefficient (Wildman–Crippen LogP) is 3.73. The lowest BCUT2D eigenvalue weighted by Gasteiger charge is -2.40. The van der Waals surface area contributed by atoms with Gasteiger partial charge in [0, 0.05) is 39.3 Å². The van der Waals surface area contributed by atoms with Crippen LogP contribution in [0.1, 0.15) is 29.5 Å². The molecule has 0 aliphatic carbocycles. The number of benzene rings is 2. The summed E-state index contributed by atoms with van der Waals surface area (Å²) in [6, 6.07) is 12.2. The number of ether oxygens (including phenoxy) is 1. The summed E-state index contributed by atoms with van der Waals surface area (Å²) in [5.74, 6) is -1.81. The van der Waals surface area contributed by atoms with E-state index >= 15 is 0 Å². The van der Waals surface area contributed by atoms with E-state index in [-0.39, 0.29) is 23.5 Å². The van der Waals surface area contributed by atoms with Gasteiger partial charge in [0.1, 0.15) is 11.6 Å². The number of nitrogens with zero attached hydrogens (tertiary/aromatic N) is 2. The third kappa shape index (κ3) is 3.98. The average molecular weight is 414 g/mol. The molecule has 2 aromatic carbocycles. The van der Waals surface area contributed by atoms with Gasteiger partial charge in [-0.2, -0.15) is 0 Å². The molecule has 4 nitrogen and oxygen atoms in total. The lowest BCUT2D eigenvalue weighted by Crippen LogP contribution is -2.46. The number of rotatable bonds is 5. The lowest BCUT2D eigenvalue weighted by molar-refractivity contribution is -0.134. The van der Waals surface area contributed by atoms with E-state index in [1.54, 1.807) is 14.1 Å². The highest BCUT2D eigenvalue weighted by Crippen LogP contribution is 2.44. The molecule has 6 heteroatoms. The van der Waals surface area contributed by atoms with Crippen LogP contribution < -0.4 is 0 Å². The van der Waals surface area contributed by atoms with Gasteiger partial charge in [0.2, 0.25) is 5.91 Å². The minimum atomic E-state index is -0.597. The van der Waals surface area contributed by atoms with Gasteiger partial charge >= 0.3 is 0 Å². The Balaban J connectivity index is 1.46. The highest BCUT2D eigenvalue weighted by atomic mass is 19.1. The van der Waals surface area contributed by atoms with E-state index in [0.29, 0.717) is 13.2 Å². The van der Waals surface area contributed by atoms with Crippen LogP contribution in [0.5, 0.6) is 0 Å². The van der Waals surface area contributed by atoms with Crippen LogP contribution in [0.15, 0.2) is 42.5 Å². The number of amides is 1. The molecule has 1 saturated heterocycles. The molecule has 4 rings (SSSR count). The lowest BCUT2D eigenvalue weighted by atomic mass is 9.83. The molecule has 1 spiro atoms. The van der Waals surface area contributed by atoms with E-state index in [0.717, 1.165) is 25.9 Å². The Bertz CT molecular complexity index is 903. The van der Waals surface area contributed by atoms with Gasteiger partial charge in [0.05, 0.1) is 18.1 Å². The topological polar surface area (TPSA) is 32.8 Å². The van der Waals surface area contributed by atoms with Crippen LogP contribution in [0.25, 0.3) is 0 Å². The fourth-order valence-corrected chi connectivity index (χ4v) is 4.78. The van der Waals surface area contributed by atoms with Gasteiger partial charge in [-0.05, 0) is 42.5 Å². The standard InChI is InChI=1S/C24H28F2N2O2/c1-27(2)23(29)18(14-19-21(25)8-5-9-22(19)26)15-28-12-10-24(11-13-28)20-7-4-3-6-17(20)16-30-24/h3-9,18H,10-16H2,1-2H3. The highest BCUT2D eigenvalue weighted by Gasteiger charge is 2.42. The SMILES string of the molecule is CN(C)C(=O)C(Cc1c(F)cccc1F)CN1CCC2(CC1)OCc1ccccc12. The van der Waals surface area contributed by atoms with Crippen molar-refractivity contribution in [3.05, 3.63) is 70.8 Å². The van der Waals surface area contributed by atoms with Crippen molar-refractivity contribution < 1.29 is 18.3 Å². The van der Waals surface area contributed by atoms with Crippen molar-refractivity contribution in [1.82, 2.24) is 9.80 Å². The van der Waals surface area contributed by atoms with E-state index in [4.69, 9.17) is 4.74 Å². The quantitative estimate of drug-likeness (QED) is 0.747. The second-order valence-electron chi connectivity index (χ2n) is 8.57. The maximum absolute atomic E-state index is 14.2. The largest absolute Gasteiger partial charge is 0.365 e. The maximum Gasteiger partial charge on any atom is 0.226 e. The van der Waals surface area contributed by atoms with Crippen molar-refractivity contribution in [3.63, 3.8) is 0 Å². The second-order valence-corrected chi connectivity index (χ2v) is 8.57. The number of fused-ring (bicyclic) bond motifs is 2. The molecule has 30 heavy (non-hydrogen) atoms. The number of likely N-dealkylation sites (tertiary alicyclic amines) is 1. The van der Waals surface area contributed by atoms with Gasteiger partial charge in [-0.25, -0.2) is 8.78 Å². The molecule has 1 unspecified atom stereocenters. The summed E-state index contributed by atoms with van der Waals surface area (Å²) in [5, 5.41) is 0.